The van der Waals surface area contributed by atoms with E-state index in [-0.39, 0.29) is 12.2 Å². The number of nitrogens with zero attached hydrogens (tertiary/aromatic N) is 2. The summed E-state index contributed by atoms with van der Waals surface area (Å²) < 4.78 is 42.1. The number of anilines is 1. The predicted octanol–water partition coefficient (Wildman–Crippen LogP) is 1.28. The standard InChI is InChI=1S/C13H17FN4O2S/c1-10-7-11(14)13(8-12(10)15)21(19,20)17-3-2-5-18-6-4-16-9-18/h4,6-9,17H,2-3,5,15H2,1H3. The third-order valence-electron chi connectivity index (χ3n) is 3.05. The van der Waals surface area contributed by atoms with Gasteiger partial charge in [0, 0.05) is 31.2 Å². The van der Waals surface area contributed by atoms with Gasteiger partial charge in [-0.15, -0.1) is 0 Å². The maximum absolute atomic E-state index is 13.8. The van der Waals surface area contributed by atoms with E-state index in [1.54, 1.807) is 25.6 Å². The Hall–Kier alpha value is -1.93. The summed E-state index contributed by atoms with van der Waals surface area (Å²) in [6.07, 6.45) is 5.65. The largest absolute Gasteiger partial charge is 0.398 e. The Morgan fingerprint density at radius 2 is 2.19 bits per heavy atom. The number of nitrogen functional groups attached to an aromatic ring is 1. The molecule has 21 heavy (non-hydrogen) atoms. The van der Waals surface area contributed by atoms with E-state index in [0.717, 1.165) is 12.1 Å². The van der Waals surface area contributed by atoms with Gasteiger partial charge in [0.2, 0.25) is 10.0 Å². The molecule has 3 N–H and O–H groups in total. The van der Waals surface area contributed by atoms with E-state index in [4.69, 9.17) is 5.73 Å². The van der Waals surface area contributed by atoms with Crippen LogP contribution in [0, 0.1) is 12.7 Å². The topological polar surface area (TPSA) is 90.0 Å². The van der Waals surface area contributed by atoms with E-state index in [2.05, 4.69) is 9.71 Å². The van der Waals surface area contributed by atoms with E-state index in [1.165, 1.54) is 0 Å². The summed E-state index contributed by atoms with van der Waals surface area (Å²) in [7, 11) is -3.90. The minimum atomic E-state index is -3.90. The lowest BCUT2D eigenvalue weighted by atomic mass is 10.2. The van der Waals surface area contributed by atoms with Crippen LogP contribution in [-0.4, -0.2) is 24.5 Å². The number of imidazole rings is 1. The second-order valence-corrected chi connectivity index (χ2v) is 6.43. The molecular weight excluding hydrogens is 295 g/mol. The highest BCUT2D eigenvalue weighted by Crippen LogP contribution is 2.21. The molecule has 0 aliphatic heterocycles. The van der Waals surface area contributed by atoms with Gasteiger partial charge in [0.1, 0.15) is 10.7 Å². The fourth-order valence-electron chi connectivity index (χ4n) is 1.84. The number of sulfonamides is 1. The number of aryl methyl sites for hydroxylation is 2. The highest BCUT2D eigenvalue weighted by Gasteiger charge is 2.19. The van der Waals surface area contributed by atoms with Crippen molar-refractivity contribution in [3.05, 3.63) is 42.2 Å². The van der Waals surface area contributed by atoms with Crippen molar-refractivity contribution in [1.82, 2.24) is 14.3 Å². The number of nitrogens with two attached hydrogens (primary N) is 1. The van der Waals surface area contributed by atoms with Crippen molar-refractivity contribution < 1.29 is 12.8 Å². The molecule has 1 aromatic carbocycles. The number of aromatic nitrogens is 2. The third kappa shape index (κ3) is 3.79. The van der Waals surface area contributed by atoms with Crippen LogP contribution in [0.1, 0.15) is 12.0 Å². The predicted molar refractivity (Wildman–Crippen MR) is 77.6 cm³/mol. The molecule has 2 aromatic rings. The van der Waals surface area contributed by atoms with Gasteiger partial charge in [-0.25, -0.2) is 22.5 Å². The number of hydrogen-bond acceptors (Lipinski definition) is 4. The summed E-state index contributed by atoms with van der Waals surface area (Å²) in [5.41, 5.74) is 6.39. The zero-order chi connectivity index (χ0) is 15.5. The van der Waals surface area contributed by atoms with Gasteiger partial charge in [-0.1, -0.05) is 0 Å². The Kier molecular flexibility index (Phi) is 4.59. The van der Waals surface area contributed by atoms with Gasteiger partial charge in [0.25, 0.3) is 0 Å². The number of hydrogen-bond donors (Lipinski definition) is 2. The van der Waals surface area contributed by atoms with Crippen LogP contribution in [-0.2, 0) is 16.6 Å². The van der Waals surface area contributed by atoms with Crippen molar-refractivity contribution in [1.29, 1.82) is 0 Å². The summed E-state index contributed by atoms with van der Waals surface area (Å²) >= 11 is 0. The average molecular weight is 312 g/mol. The first-order chi connectivity index (χ1) is 9.90. The Morgan fingerprint density at radius 1 is 1.43 bits per heavy atom. The molecule has 0 unspecified atom stereocenters. The summed E-state index contributed by atoms with van der Waals surface area (Å²) in [5, 5.41) is 0. The lowest BCUT2D eigenvalue weighted by Gasteiger charge is -2.10. The summed E-state index contributed by atoms with van der Waals surface area (Å²) in [4.78, 5) is 3.46. The molecule has 0 spiro atoms. The van der Waals surface area contributed by atoms with Gasteiger partial charge in [0.15, 0.2) is 0 Å². The lowest BCUT2D eigenvalue weighted by Crippen LogP contribution is -2.26. The van der Waals surface area contributed by atoms with Crippen LogP contribution < -0.4 is 10.5 Å². The zero-order valence-electron chi connectivity index (χ0n) is 11.6. The van der Waals surface area contributed by atoms with E-state index < -0.39 is 20.7 Å². The van der Waals surface area contributed by atoms with Crippen molar-refractivity contribution in [2.75, 3.05) is 12.3 Å². The minimum Gasteiger partial charge on any atom is -0.398 e. The van der Waals surface area contributed by atoms with Crippen LogP contribution >= 0.6 is 0 Å². The molecule has 0 fully saturated rings. The van der Waals surface area contributed by atoms with E-state index >= 15 is 0 Å². The molecule has 0 aliphatic rings. The normalized spacial score (nSPS) is 11.7. The second-order valence-electron chi connectivity index (χ2n) is 4.69. The van der Waals surface area contributed by atoms with Crippen LogP contribution in [0.3, 0.4) is 0 Å². The minimum absolute atomic E-state index is 0.202. The van der Waals surface area contributed by atoms with Gasteiger partial charge in [-0.3, -0.25) is 0 Å². The van der Waals surface area contributed by atoms with Crippen LogP contribution in [0.15, 0.2) is 35.7 Å². The summed E-state index contributed by atoms with van der Waals surface area (Å²) in [5.74, 6) is -0.802. The first-order valence-electron chi connectivity index (χ1n) is 6.41. The Morgan fingerprint density at radius 3 is 2.86 bits per heavy atom. The number of benzene rings is 1. The van der Waals surface area contributed by atoms with Gasteiger partial charge in [0.05, 0.1) is 6.33 Å². The van der Waals surface area contributed by atoms with Crippen molar-refractivity contribution in [3.63, 3.8) is 0 Å². The van der Waals surface area contributed by atoms with E-state index in [1.807, 2.05) is 4.57 Å². The molecule has 0 amide bonds. The molecule has 0 saturated carbocycles. The Bertz CT molecular complexity index is 714. The zero-order valence-corrected chi connectivity index (χ0v) is 12.4. The van der Waals surface area contributed by atoms with Gasteiger partial charge < -0.3 is 10.3 Å². The van der Waals surface area contributed by atoms with Gasteiger partial charge in [-0.2, -0.15) is 0 Å². The molecule has 0 saturated heterocycles. The number of rotatable bonds is 6. The first kappa shape index (κ1) is 15.5. The molecule has 0 aliphatic carbocycles. The molecule has 0 radical (unpaired) electrons. The Labute approximate surface area is 122 Å². The van der Waals surface area contributed by atoms with Gasteiger partial charge >= 0.3 is 0 Å². The maximum Gasteiger partial charge on any atom is 0.243 e. The Balaban J connectivity index is 2.00. The fraction of sp³-hybridized carbons (Fsp3) is 0.308. The number of nitrogens with one attached hydrogen (secondary N) is 1. The molecule has 1 heterocycles. The molecule has 6 nitrogen and oxygen atoms in total. The van der Waals surface area contributed by atoms with Crippen molar-refractivity contribution in [2.45, 2.75) is 24.8 Å². The molecule has 0 atom stereocenters. The van der Waals surface area contributed by atoms with Crippen molar-refractivity contribution in [3.8, 4) is 0 Å². The molecule has 0 bridgehead atoms. The van der Waals surface area contributed by atoms with Crippen LogP contribution in [0.25, 0.3) is 0 Å². The second kappa shape index (κ2) is 6.23. The first-order valence-corrected chi connectivity index (χ1v) is 7.89. The molecule has 1 aromatic heterocycles. The lowest BCUT2D eigenvalue weighted by molar-refractivity contribution is 0.550. The van der Waals surface area contributed by atoms with Crippen molar-refractivity contribution >= 4 is 15.7 Å². The maximum atomic E-state index is 13.8. The van der Waals surface area contributed by atoms with Crippen LogP contribution in [0.2, 0.25) is 0 Å². The van der Waals surface area contributed by atoms with E-state index in [9.17, 15) is 12.8 Å². The quantitative estimate of drug-likeness (QED) is 0.621. The molecule has 2 rings (SSSR count). The number of halogens is 1. The highest BCUT2D eigenvalue weighted by atomic mass is 32.2. The SMILES string of the molecule is Cc1cc(F)c(S(=O)(=O)NCCCn2ccnc2)cc1N. The van der Waals surface area contributed by atoms with Crippen molar-refractivity contribution in [2.24, 2.45) is 0 Å². The monoisotopic (exact) mass is 312 g/mol. The molecular formula is C13H17FN4O2S. The average Bonchev–Trinajstić information content (AvgIpc) is 2.92. The third-order valence-corrected chi connectivity index (χ3v) is 4.53. The smallest absolute Gasteiger partial charge is 0.243 e. The van der Waals surface area contributed by atoms with Crippen LogP contribution in [0.4, 0.5) is 10.1 Å². The molecule has 8 heteroatoms. The van der Waals surface area contributed by atoms with E-state index in [0.29, 0.717) is 18.5 Å². The van der Waals surface area contributed by atoms with Crippen LogP contribution in [0.5, 0.6) is 0 Å². The fourth-order valence-corrected chi connectivity index (χ4v) is 3.01. The summed E-state index contributed by atoms with van der Waals surface area (Å²) in [6, 6.07) is 2.26. The highest BCUT2D eigenvalue weighted by molar-refractivity contribution is 7.89. The van der Waals surface area contributed by atoms with Gasteiger partial charge in [-0.05, 0) is 31.0 Å². The molecule has 114 valence electrons. The summed E-state index contributed by atoms with van der Waals surface area (Å²) in [6.45, 7) is 2.45.